The summed E-state index contributed by atoms with van der Waals surface area (Å²) in [5.41, 5.74) is 1.98. The van der Waals surface area contributed by atoms with E-state index in [1.54, 1.807) is 11.1 Å². The Morgan fingerprint density at radius 1 is 1.20 bits per heavy atom. The topological polar surface area (TPSA) is 69.2 Å². The minimum atomic E-state index is -0.843. The van der Waals surface area contributed by atoms with Crippen LogP contribution in [0.25, 0.3) is 22.0 Å². The number of likely N-dealkylation sites (tertiary alicyclic amines) is 1. The van der Waals surface area contributed by atoms with Crippen LogP contribution in [-0.4, -0.2) is 32.1 Å². The monoisotopic (exact) mass is 397 g/mol. The van der Waals surface area contributed by atoms with E-state index in [9.17, 15) is 9.90 Å². The number of H-pyrrole nitrogens is 1. The molecule has 1 saturated carbocycles. The molecule has 0 spiro atoms. The molecule has 1 saturated heterocycles. The lowest BCUT2D eigenvalue weighted by molar-refractivity contribution is 0.128. The van der Waals surface area contributed by atoms with Gasteiger partial charge in [-0.05, 0) is 47.7 Å². The molecule has 2 aliphatic rings. The van der Waals surface area contributed by atoms with E-state index in [0.29, 0.717) is 5.92 Å². The molecule has 2 heterocycles. The number of fused-ring (bicyclic) bond motifs is 2. The van der Waals surface area contributed by atoms with Gasteiger partial charge in [0.1, 0.15) is 5.82 Å². The largest absolute Gasteiger partial charge is 0.465 e. The quantitative estimate of drug-likeness (QED) is 0.651. The Hall–Kier alpha value is -2.34. The molecule has 3 aromatic rings. The van der Waals surface area contributed by atoms with Crippen LogP contribution in [0.5, 0.6) is 0 Å². The Bertz CT molecular complexity index is 999. The van der Waals surface area contributed by atoms with Gasteiger partial charge in [-0.1, -0.05) is 34.1 Å². The fourth-order valence-electron chi connectivity index (χ4n) is 4.01. The number of hydrogen-bond acceptors (Lipinski definition) is 2. The van der Waals surface area contributed by atoms with Crippen molar-refractivity contribution in [3.63, 3.8) is 0 Å². The van der Waals surface area contributed by atoms with E-state index in [1.165, 1.54) is 5.39 Å². The lowest BCUT2D eigenvalue weighted by Gasteiger charge is -2.22. The predicted octanol–water partition coefficient (Wildman–Crippen LogP) is 4.81. The number of nitrogens with one attached hydrogen (secondary N) is 1. The predicted molar refractivity (Wildman–Crippen MR) is 98.3 cm³/mol. The molecule has 6 heteroatoms. The molecule has 5 rings (SSSR count). The summed E-state index contributed by atoms with van der Waals surface area (Å²) in [6.07, 6.45) is 2.83. The van der Waals surface area contributed by atoms with Crippen LogP contribution in [0.15, 0.2) is 47.1 Å². The van der Waals surface area contributed by atoms with Crippen LogP contribution in [0.2, 0.25) is 0 Å². The number of benzene rings is 2. The minimum Gasteiger partial charge on any atom is -0.465 e. The van der Waals surface area contributed by atoms with E-state index in [1.807, 2.05) is 6.07 Å². The third kappa shape index (κ3) is 2.43. The van der Waals surface area contributed by atoms with Gasteiger partial charge in [-0.15, -0.1) is 0 Å². The van der Waals surface area contributed by atoms with Gasteiger partial charge in [0.2, 0.25) is 0 Å². The Morgan fingerprint density at radius 2 is 2.00 bits per heavy atom. The summed E-state index contributed by atoms with van der Waals surface area (Å²) in [5.74, 6) is 1.26. The number of carbonyl (C=O) groups is 1. The number of amides is 1. The fraction of sp³-hybridized carbons (Fsp3) is 0.263. The van der Waals surface area contributed by atoms with Crippen LogP contribution in [0, 0.1) is 5.92 Å². The number of hydrogen-bond donors (Lipinski definition) is 2. The van der Waals surface area contributed by atoms with E-state index in [4.69, 9.17) is 0 Å². The van der Waals surface area contributed by atoms with Crippen molar-refractivity contribution in [3.05, 3.63) is 52.9 Å². The molecule has 25 heavy (non-hydrogen) atoms. The number of piperidine rings is 1. The number of halogens is 1. The maximum Gasteiger partial charge on any atom is 0.408 e. The zero-order valence-corrected chi connectivity index (χ0v) is 14.9. The third-order valence-electron chi connectivity index (χ3n) is 5.35. The van der Waals surface area contributed by atoms with E-state index in [2.05, 4.69) is 56.2 Å². The zero-order chi connectivity index (χ0) is 17.1. The molecule has 1 aliphatic carbocycles. The lowest BCUT2D eigenvalue weighted by atomic mass is 10.1. The number of nitrogens with zero attached hydrogens (tertiary/aromatic N) is 2. The van der Waals surface area contributed by atoms with Crippen molar-refractivity contribution >= 4 is 32.8 Å². The van der Waals surface area contributed by atoms with Gasteiger partial charge in [0.15, 0.2) is 0 Å². The van der Waals surface area contributed by atoms with Crippen molar-refractivity contribution in [1.82, 2.24) is 14.9 Å². The highest BCUT2D eigenvalue weighted by atomic mass is 79.9. The van der Waals surface area contributed by atoms with Crippen LogP contribution in [0.3, 0.4) is 0 Å². The molecule has 2 fully saturated rings. The van der Waals surface area contributed by atoms with Crippen LogP contribution in [0.4, 0.5) is 4.79 Å². The second-order valence-electron chi connectivity index (χ2n) is 6.89. The molecule has 2 aromatic carbocycles. The summed E-state index contributed by atoms with van der Waals surface area (Å²) >= 11 is 3.49. The maximum atomic E-state index is 11.6. The molecule has 1 aromatic heterocycles. The second-order valence-corrected chi connectivity index (χ2v) is 7.81. The van der Waals surface area contributed by atoms with Crippen molar-refractivity contribution in [1.29, 1.82) is 0 Å². The average Bonchev–Trinajstić information content (AvgIpc) is 3.04. The van der Waals surface area contributed by atoms with Gasteiger partial charge < -0.3 is 10.1 Å². The van der Waals surface area contributed by atoms with E-state index >= 15 is 0 Å². The van der Waals surface area contributed by atoms with Crippen LogP contribution < -0.4 is 0 Å². The third-order valence-corrected chi connectivity index (χ3v) is 5.84. The van der Waals surface area contributed by atoms with E-state index in [-0.39, 0.29) is 12.1 Å². The molecule has 5 nitrogen and oxygen atoms in total. The summed E-state index contributed by atoms with van der Waals surface area (Å²) in [5, 5.41) is 11.8. The molecule has 0 bridgehead atoms. The number of rotatable bonds is 2. The molecule has 0 radical (unpaired) electrons. The van der Waals surface area contributed by atoms with Crippen molar-refractivity contribution in [2.45, 2.75) is 24.9 Å². The highest BCUT2D eigenvalue weighted by Gasteiger charge is 2.55. The highest BCUT2D eigenvalue weighted by Crippen LogP contribution is 2.53. The smallest absolute Gasteiger partial charge is 0.408 e. The molecular weight excluding hydrogens is 382 g/mol. The summed E-state index contributed by atoms with van der Waals surface area (Å²) in [7, 11) is 0. The average molecular weight is 398 g/mol. The van der Waals surface area contributed by atoms with Gasteiger partial charge in [-0.3, -0.25) is 4.90 Å². The second kappa shape index (κ2) is 5.33. The Labute approximate surface area is 152 Å². The highest BCUT2D eigenvalue weighted by molar-refractivity contribution is 9.10. The van der Waals surface area contributed by atoms with Gasteiger partial charge >= 0.3 is 6.09 Å². The first kappa shape index (κ1) is 15.0. The molecule has 126 valence electrons. The first-order valence-corrected chi connectivity index (χ1v) is 9.15. The van der Waals surface area contributed by atoms with Gasteiger partial charge in [0.05, 0.1) is 17.9 Å². The van der Waals surface area contributed by atoms with Crippen molar-refractivity contribution in [2.75, 3.05) is 0 Å². The minimum absolute atomic E-state index is 0.147. The number of imidazole rings is 1. The molecule has 2 N–H and O–H groups in total. The van der Waals surface area contributed by atoms with E-state index < -0.39 is 6.09 Å². The molecule has 3 atom stereocenters. The first-order valence-electron chi connectivity index (χ1n) is 8.36. The summed E-state index contributed by atoms with van der Waals surface area (Å²) in [4.78, 5) is 21.0. The summed E-state index contributed by atoms with van der Waals surface area (Å²) < 4.78 is 1.06. The lowest BCUT2D eigenvalue weighted by Crippen LogP contribution is -2.32. The standard InChI is InChI=1S/C19H16BrN3O2/c20-14-4-3-10-5-12(2-1-11(10)6-14)15-9-21-18(22-15)17-8-13-7-16(13)23(17)19(24)25/h1-6,9,13,16-17H,7-8H2,(H,21,22)(H,24,25). The Morgan fingerprint density at radius 3 is 2.84 bits per heavy atom. The van der Waals surface area contributed by atoms with Gasteiger partial charge in [0.25, 0.3) is 0 Å². The van der Waals surface area contributed by atoms with Crippen LogP contribution in [0.1, 0.15) is 24.7 Å². The summed E-state index contributed by atoms with van der Waals surface area (Å²) in [6.45, 7) is 0. The van der Waals surface area contributed by atoms with Gasteiger partial charge in [-0.2, -0.15) is 0 Å². The molecule has 3 unspecified atom stereocenters. The molecule has 1 aliphatic heterocycles. The molecular formula is C19H16BrN3O2. The number of aromatic nitrogens is 2. The first-order chi connectivity index (χ1) is 12.1. The SMILES string of the molecule is O=C(O)N1C(c2ncc(-c3ccc4cc(Br)ccc4c3)[nH]2)CC2CC21. The van der Waals surface area contributed by atoms with Crippen LogP contribution in [-0.2, 0) is 0 Å². The van der Waals surface area contributed by atoms with Gasteiger partial charge in [-0.25, -0.2) is 9.78 Å². The van der Waals surface area contributed by atoms with Crippen molar-refractivity contribution in [3.8, 4) is 11.3 Å². The summed E-state index contributed by atoms with van der Waals surface area (Å²) in [6, 6.07) is 12.5. The zero-order valence-electron chi connectivity index (χ0n) is 13.3. The number of carboxylic acid groups (broad SMARTS) is 1. The number of aromatic amines is 1. The Kier molecular flexibility index (Phi) is 3.19. The maximum absolute atomic E-state index is 11.6. The van der Waals surface area contributed by atoms with Crippen molar-refractivity contribution in [2.24, 2.45) is 5.92 Å². The normalized spacial score (nSPS) is 24.5. The molecule has 1 amide bonds. The van der Waals surface area contributed by atoms with Gasteiger partial charge in [0, 0.05) is 16.1 Å². The van der Waals surface area contributed by atoms with E-state index in [0.717, 1.165) is 39.8 Å². The Balaban J connectivity index is 1.48. The fourth-order valence-corrected chi connectivity index (χ4v) is 4.39. The van der Waals surface area contributed by atoms with Crippen molar-refractivity contribution < 1.29 is 9.90 Å². The van der Waals surface area contributed by atoms with Crippen LogP contribution >= 0.6 is 15.9 Å².